The molecule has 128 valence electrons. The van der Waals surface area contributed by atoms with Gasteiger partial charge < -0.3 is 5.32 Å². The average molecular weight is 335 g/mol. The summed E-state index contributed by atoms with van der Waals surface area (Å²) in [5.74, 6) is 0.471. The molecule has 0 aliphatic carbocycles. The van der Waals surface area contributed by atoms with Gasteiger partial charge in [0.1, 0.15) is 0 Å². The van der Waals surface area contributed by atoms with Gasteiger partial charge in [0.25, 0.3) is 0 Å². The number of pyridine rings is 1. The van der Waals surface area contributed by atoms with Gasteiger partial charge in [0, 0.05) is 24.0 Å². The van der Waals surface area contributed by atoms with Gasteiger partial charge in [-0.25, -0.2) is 4.79 Å². The predicted molar refractivity (Wildman–Crippen MR) is 98.2 cm³/mol. The fourth-order valence-corrected chi connectivity index (χ4v) is 2.58. The highest BCUT2D eigenvalue weighted by molar-refractivity contribution is 5.89. The van der Waals surface area contributed by atoms with E-state index in [0.29, 0.717) is 5.82 Å². The van der Waals surface area contributed by atoms with E-state index in [4.69, 9.17) is 0 Å². The predicted octanol–water partition coefficient (Wildman–Crippen LogP) is 3.92. The number of hydrogen-bond donors (Lipinski definition) is 3. The lowest BCUT2D eigenvalue weighted by molar-refractivity contribution is 0.249. The maximum Gasteiger partial charge on any atom is 0.320 e. The van der Waals surface area contributed by atoms with Gasteiger partial charge in [-0.1, -0.05) is 31.2 Å². The Balaban J connectivity index is 1.62. The fraction of sp³-hybridized carbons (Fsp3) is 0.211. The summed E-state index contributed by atoms with van der Waals surface area (Å²) in [6.45, 7) is 4.07. The first-order valence-corrected chi connectivity index (χ1v) is 8.28. The molecule has 0 bridgehead atoms. The molecule has 6 heteroatoms. The van der Waals surface area contributed by atoms with Gasteiger partial charge in [0.05, 0.1) is 11.7 Å². The highest BCUT2D eigenvalue weighted by Gasteiger charge is 2.11. The molecule has 0 spiro atoms. The van der Waals surface area contributed by atoms with E-state index in [0.717, 1.165) is 23.2 Å². The number of hydrogen-bond acceptors (Lipinski definition) is 3. The van der Waals surface area contributed by atoms with Crippen molar-refractivity contribution >= 4 is 11.8 Å². The minimum Gasteiger partial charge on any atom is -0.331 e. The highest BCUT2D eigenvalue weighted by atomic mass is 16.2. The van der Waals surface area contributed by atoms with Crippen LogP contribution in [-0.2, 0) is 6.42 Å². The SMILES string of the molecule is CCc1cccc([C@@H](C)NC(=O)Nc2cc(-c3ccncc3)[nH]n2)c1. The van der Waals surface area contributed by atoms with Crippen LogP contribution >= 0.6 is 0 Å². The first-order chi connectivity index (χ1) is 12.2. The van der Waals surface area contributed by atoms with Crippen LogP contribution in [0.25, 0.3) is 11.3 Å². The Morgan fingerprint density at radius 1 is 1.20 bits per heavy atom. The standard InChI is InChI=1S/C19H21N5O/c1-3-14-5-4-6-16(11-14)13(2)21-19(25)22-18-12-17(23-24-18)15-7-9-20-10-8-15/h4-13H,3H2,1-2H3,(H3,21,22,23,24,25)/t13-/m1/s1. The number of carbonyl (C=O) groups is 1. The molecule has 0 unspecified atom stereocenters. The van der Waals surface area contributed by atoms with Crippen LogP contribution in [-0.4, -0.2) is 21.2 Å². The summed E-state index contributed by atoms with van der Waals surface area (Å²) in [4.78, 5) is 16.2. The Kier molecular flexibility index (Phi) is 5.09. The third kappa shape index (κ3) is 4.23. The van der Waals surface area contributed by atoms with Crippen LogP contribution in [0.5, 0.6) is 0 Å². The smallest absolute Gasteiger partial charge is 0.320 e. The number of aryl methyl sites for hydroxylation is 1. The van der Waals surface area contributed by atoms with Gasteiger partial charge in [-0.05, 0) is 36.6 Å². The molecule has 0 aliphatic rings. The third-order valence-electron chi connectivity index (χ3n) is 4.02. The van der Waals surface area contributed by atoms with Crippen LogP contribution in [0.1, 0.15) is 31.0 Å². The molecule has 2 aromatic heterocycles. The number of amides is 2. The second-order valence-corrected chi connectivity index (χ2v) is 5.82. The van der Waals surface area contributed by atoms with Crippen molar-refractivity contribution in [1.29, 1.82) is 0 Å². The monoisotopic (exact) mass is 335 g/mol. The molecule has 2 heterocycles. The molecular weight excluding hydrogens is 314 g/mol. The summed E-state index contributed by atoms with van der Waals surface area (Å²) in [5, 5.41) is 12.7. The van der Waals surface area contributed by atoms with Crippen molar-refractivity contribution < 1.29 is 4.79 Å². The number of carbonyl (C=O) groups excluding carboxylic acids is 1. The minimum atomic E-state index is -0.290. The van der Waals surface area contributed by atoms with Crippen molar-refractivity contribution in [2.75, 3.05) is 5.32 Å². The van der Waals surface area contributed by atoms with Gasteiger partial charge in [-0.2, -0.15) is 5.10 Å². The number of anilines is 1. The van der Waals surface area contributed by atoms with Crippen LogP contribution in [0, 0.1) is 0 Å². The fourth-order valence-electron chi connectivity index (χ4n) is 2.58. The van der Waals surface area contributed by atoms with E-state index in [1.54, 1.807) is 18.5 Å². The van der Waals surface area contributed by atoms with Gasteiger partial charge >= 0.3 is 6.03 Å². The lowest BCUT2D eigenvalue weighted by Gasteiger charge is -2.15. The Labute approximate surface area is 146 Å². The van der Waals surface area contributed by atoms with E-state index in [1.165, 1.54) is 5.56 Å². The molecule has 6 nitrogen and oxygen atoms in total. The molecule has 0 fully saturated rings. The van der Waals surface area contributed by atoms with Crippen LogP contribution in [0.15, 0.2) is 54.9 Å². The molecule has 1 aromatic carbocycles. The molecule has 3 rings (SSSR count). The summed E-state index contributed by atoms with van der Waals surface area (Å²) in [6, 6.07) is 13.4. The number of aromatic amines is 1. The van der Waals surface area contributed by atoms with Crippen molar-refractivity contribution in [1.82, 2.24) is 20.5 Å². The molecule has 2 amide bonds. The van der Waals surface area contributed by atoms with E-state index < -0.39 is 0 Å². The number of H-pyrrole nitrogens is 1. The van der Waals surface area contributed by atoms with Gasteiger partial charge in [0.15, 0.2) is 5.82 Å². The molecular formula is C19H21N5O. The average Bonchev–Trinajstić information content (AvgIpc) is 3.10. The van der Waals surface area contributed by atoms with Crippen LogP contribution in [0.3, 0.4) is 0 Å². The van der Waals surface area contributed by atoms with E-state index in [2.05, 4.69) is 44.9 Å². The summed E-state index contributed by atoms with van der Waals surface area (Å²) in [5.41, 5.74) is 4.11. The summed E-state index contributed by atoms with van der Waals surface area (Å²) in [7, 11) is 0. The molecule has 1 atom stereocenters. The van der Waals surface area contributed by atoms with Crippen molar-refractivity contribution in [3.63, 3.8) is 0 Å². The molecule has 0 saturated carbocycles. The van der Waals surface area contributed by atoms with E-state index in [1.807, 2.05) is 31.2 Å². The van der Waals surface area contributed by atoms with Crippen LogP contribution in [0.2, 0.25) is 0 Å². The van der Waals surface area contributed by atoms with Crippen LogP contribution < -0.4 is 10.6 Å². The molecule has 3 N–H and O–H groups in total. The molecule has 0 aliphatic heterocycles. The number of rotatable bonds is 5. The normalized spacial score (nSPS) is 11.8. The number of nitrogens with one attached hydrogen (secondary N) is 3. The van der Waals surface area contributed by atoms with Crippen molar-refractivity contribution in [3.8, 4) is 11.3 Å². The number of urea groups is 1. The van der Waals surface area contributed by atoms with E-state index in [-0.39, 0.29) is 12.1 Å². The maximum absolute atomic E-state index is 12.2. The lowest BCUT2D eigenvalue weighted by atomic mass is 10.0. The quantitative estimate of drug-likeness (QED) is 0.661. The zero-order chi connectivity index (χ0) is 17.6. The van der Waals surface area contributed by atoms with Gasteiger partial charge in [-0.15, -0.1) is 0 Å². The maximum atomic E-state index is 12.2. The summed E-state index contributed by atoms with van der Waals surface area (Å²) in [6.07, 6.45) is 4.39. The zero-order valence-corrected chi connectivity index (χ0v) is 14.3. The van der Waals surface area contributed by atoms with Crippen molar-refractivity contribution in [2.45, 2.75) is 26.3 Å². The molecule has 0 radical (unpaired) electrons. The van der Waals surface area contributed by atoms with E-state index in [9.17, 15) is 4.79 Å². The Morgan fingerprint density at radius 3 is 2.76 bits per heavy atom. The Morgan fingerprint density at radius 2 is 2.00 bits per heavy atom. The summed E-state index contributed by atoms with van der Waals surface area (Å²) < 4.78 is 0. The lowest BCUT2D eigenvalue weighted by Crippen LogP contribution is -2.31. The van der Waals surface area contributed by atoms with E-state index >= 15 is 0 Å². The Bertz CT molecular complexity index is 844. The van der Waals surface area contributed by atoms with Crippen molar-refractivity contribution in [3.05, 3.63) is 66.0 Å². The first kappa shape index (κ1) is 16.7. The number of benzene rings is 1. The zero-order valence-electron chi connectivity index (χ0n) is 14.3. The largest absolute Gasteiger partial charge is 0.331 e. The molecule has 3 aromatic rings. The third-order valence-corrected chi connectivity index (χ3v) is 4.02. The highest BCUT2D eigenvalue weighted by Crippen LogP contribution is 2.19. The first-order valence-electron chi connectivity index (χ1n) is 8.28. The minimum absolute atomic E-state index is 0.0925. The Hall–Kier alpha value is -3.15. The van der Waals surface area contributed by atoms with Gasteiger partial charge in [-0.3, -0.25) is 15.4 Å². The van der Waals surface area contributed by atoms with Gasteiger partial charge in [0.2, 0.25) is 0 Å². The number of nitrogens with zero attached hydrogens (tertiary/aromatic N) is 2. The van der Waals surface area contributed by atoms with Crippen molar-refractivity contribution in [2.24, 2.45) is 0 Å². The second kappa shape index (κ2) is 7.61. The van der Waals surface area contributed by atoms with Crippen LogP contribution in [0.4, 0.5) is 10.6 Å². The second-order valence-electron chi connectivity index (χ2n) is 5.82. The molecule has 25 heavy (non-hydrogen) atoms. The number of aromatic nitrogens is 3. The topological polar surface area (TPSA) is 82.7 Å². The molecule has 0 saturated heterocycles. The summed E-state index contributed by atoms with van der Waals surface area (Å²) >= 11 is 0.